The summed E-state index contributed by atoms with van der Waals surface area (Å²) in [6, 6.07) is 41.8. The van der Waals surface area contributed by atoms with Crippen LogP contribution < -0.4 is 94.1 Å². The van der Waals surface area contributed by atoms with E-state index in [1.165, 1.54) is 6.92 Å². The van der Waals surface area contributed by atoms with Gasteiger partial charge in [-0.3, -0.25) is 43.2 Å². The molecule has 0 radical (unpaired) electrons. The molecule has 8 unspecified atom stereocenters. The Balaban J connectivity index is 1.13. The highest BCUT2D eigenvalue weighted by molar-refractivity contribution is 6.00. The van der Waals surface area contributed by atoms with Crippen molar-refractivity contribution in [2.24, 2.45) is 5.73 Å². The molecular weight excluding hydrogens is 1330 g/mol. The second-order valence-electron chi connectivity index (χ2n) is 26.5. The Bertz CT molecular complexity index is 4280. The molecule has 550 valence electrons. The average molecular weight is 1430 g/mol. The van der Waals surface area contributed by atoms with Crippen LogP contribution in [0.1, 0.15) is 78.1 Å². The van der Waals surface area contributed by atoms with Crippen LogP contribution in [0.15, 0.2) is 194 Å². The molecule has 8 atom stereocenters. The molecule has 0 aliphatic heterocycles. The summed E-state index contributed by atoms with van der Waals surface area (Å²) in [5.41, 5.74) is 62.0. The molecule has 0 heterocycles. The SMILES string of the molecule is CCC(N)(CC)C(=O)C(Cc1ccc(N)cc1)NC(=O)C(Cc1ccc(N)cc1)NC(=O)C(Cc1ccc(N)cc1)NC(=O)C(Cc1ccc(N)cc1)NC(=O)C(Cc1ccc(N)cc1)NC(=O)C(Cc1ccc(N)cc1)NC(=O)C(Cc1ccc(N)cc1)NC(=O)C(Cc1ccc(N)cc1)NC(C)=O. The number of carbonyl (C=O) groups is 9. The summed E-state index contributed by atoms with van der Waals surface area (Å²) in [6.45, 7) is 4.82. The molecule has 26 N–H and O–H groups in total. The van der Waals surface area contributed by atoms with Crippen molar-refractivity contribution in [3.05, 3.63) is 239 Å². The molecule has 8 rings (SSSR count). The molecular formula is C79H95N17O9. The minimum absolute atomic E-state index is 0.0180. The van der Waals surface area contributed by atoms with E-state index in [0.29, 0.717) is 90.0 Å². The quantitative estimate of drug-likeness (QED) is 0.0252. The Morgan fingerprint density at radius 3 is 0.524 bits per heavy atom. The van der Waals surface area contributed by atoms with E-state index in [0.717, 1.165) is 0 Å². The van der Waals surface area contributed by atoms with Crippen LogP contribution in [0.3, 0.4) is 0 Å². The van der Waals surface area contributed by atoms with E-state index >= 15 is 28.8 Å². The van der Waals surface area contributed by atoms with Crippen LogP contribution >= 0.6 is 0 Å². The van der Waals surface area contributed by atoms with Gasteiger partial charge in [0.25, 0.3) is 0 Å². The van der Waals surface area contributed by atoms with Crippen molar-refractivity contribution in [3.63, 3.8) is 0 Å². The van der Waals surface area contributed by atoms with Gasteiger partial charge < -0.3 is 94.1 Å². The number of ketones is 1. The van der Waals surface area contributed by atoms with Crippen molar-refractivity contribution in [3.8, 4) is 0 Å². The summed E-state index contributed by atoms with van der Waals surface area (Å²) in [4.78, 5) is 133. The van der Waals surface area contributed by atoms with Gasteiger partial charge in [-0.1, -0.05) is 111 Å². The number of nitrogen functional groups attached to an aromatic ring is 8. The third kappa shape index (κ3) is 23.8. The van der Waals surface area contributed by atoms with E-state index in [2.05, 4.69) is 42.5 Å². The Morgan fingerprint density at radius 1 is 0.248 bits per heavy atom. The van der Waals surface area contributed by atoms with E-state index in [4.69, 9.17) is 51.6 Å². The first-order valence-corrected chi connectivity index (χ1v) is 34.6. The molecule has 0 aliphatic carbocycles. The smallest absolute Gasteiger partial charge is 0.243 e. The average Bonchev–Trinajstić information content (AvgIpc) is 0.818. The number of amides is 8. The maximum absolute atomic E-state index is 15.5. The number of Topliss-reactive ketones (excluding diaryl/α,β-unsaturated/α-hetero) is 1. The third-order valence-electron chi connectivity index (χ3n) is 18.2. The van der Waals surface area contributed by atoms with Crippen molar-refractivity contribution in [1.29, 1.82) is 0 Å². The van der Waals surface area contributed by atoms with Gasteiger partial charge in [-0.05, 0) is 161 Å². The first kappa shape index (κ1) is 78.3. The molecule has 0 bridgehead atoms. The van der Waals surface area contributed by atoms with Crippen LogP contribution in [0, 0.1) is 0 Å². The number of hydrogen-bond acceptors (Lipinski definition) is 18. The standard InChI is InChI=1S/C79H95N17O9/c1-4-79(88,5-2)71(98)63(38-47-6-22-55(80)23-7-47)90-73(100)65(40-49-10-26-57(82)27-11-49)92-75(102)67(42-51-14-30-59(84)31-15-51)94-77(104)69(44-53-18-34-61(86)35-19-53)96-78(105)70(45-54-20-36-62(87)37-21-54)95-76(103)68(43-52-16-32-60(85)33-17-52)93-74(101)66(41-50-12-28-58(83)29-13-50)91-72(99)64(89-46(3)97)39-48-8-24-56(81)25-9-48/h6-37,63-70H,4-5,38-45,80-88H2,1-3H3,(H,89,97)(H,90,100)(H,91,99)(H,92,102)(H,93,101)(H,94,104)(H,95,103)(H,96,105). The molecule has 0 saturated heterocycles. The molecule has 0 spiro atoms. The zero-order valence-corrected chi connectivity index (χ0v) is 59.0. The molecule has 0 saturated carbocycles. The Kier molecular flexibility index (Phi) is 27.5. The molecule has 26 nitrogen and oxygen atoms in total. The molecule has 0 fully saturated rings. The van der Waals surface area contributed by atoms with Crippen molar-refractivity contribution in [1.82, 2.24) is 42.5 Å². The van der Waals surface area contributed by atoms with Gasteiger partial charge in [-0.2, -0.15) is 0 Å². The summed E-state index contributed by atoms with van der Waals surface area (Å²) in [5.74, 6) is -6.72. The molecule has 0 aliphatic rings. The summed E-state index contributed by atoms with van der Waals surface area (Å²) in [5, 5.41) is 22.7. The van der Waals surface area contributed by atoms with Gasteiger partial charge in [0.05, 0.1) is 11.6 Å². The summed E-state index contributed by atoms with van der Waals surface area (Å²) in [7, 11) is 0. The van der Waals surface area contributed by atoms with Crippen molar-refractivity contribution in [2.45, 2.75) is 139 Å². The number of anilines is 8. The lowest BCUT2D eigenvalue weighted by atomic mass is 9.83. The van der Waals surface area contributed by atoms with Crippen molar-refractivity contribution >= 4 is 98.5 Å². The maximum atomic E-state index is 15.5. The summed E-state index contributed by atoms with van der Waals surface area (Å²) < 4.78 is 0. The van der Waals surface area contributed by atoms with Gasteiger partial charge in [-0.25, -0.2) is 0 Å². The van der Waals surface area contributed by atoms with Crippen LogP contribution in [-0.4, -0.2) is 107 Å². The molecule has 26 heteroatoms. The van der Waals surface area contributed by atoms with Gasteiger partial charge in [0.1, 0.15) is 42.3 Å². The van der Waals surface area contributed by atoms with Crippen LogP contribution in [-0.2, 0) is 94.5 Å². The first-order chi connectivity index (χ1) is 50.1. The zero-order chi connectivity index (χ0) is 75.9. The fourth-order valence-electron chi connectivity index (χ4n) is 11.9. The molecule has 8 amide bonds. The largest absolute Gasteiger partial charge is 0.399 e. The number of hydrogen-bond donors (Lipinski definition) is 17. The van der Waals surface area contributed by atoms with E-state index in [1.54, 1.807) is 208 Å². The molecule has 0 aromatic heterocycles. The van der Waals surface area contributed by atoms with E-state index in [1.807, 2.05) is 0 Å². The summed E-state index contributed by atoms with van der Waals surface area (Å²) >= 11 is 0. The second-order valence-corrected chi connectivity index (χ2v) is 26.5. The second kappa shape index (κ2) is 36.9. The minimum atomic E-state index is -1.53. The topological polar surface area (TPSA) is 484 Å². The highest BCUT2D eigenvalue weighted by atomic mass is 16.2. The van der Waals surface area contributed by atoms with Gasteiger partial charge in [0.15, 0.2) is 5.78 Å². The highest BCUT2D eigenvalue weighted by Crippen LogP contribution is 2.22. The third-order valence-corrected chi connectivity index (χ3v) is 18.2. The van der Waals surface area contributed by atoms with Crippen LogP contribution in [0.25, 0.3) is 0 Å². The zero-order valence-electron chi connectivity index (χ0n) is 59.0. The predicted octanol–water partition coefficient (Wildman–Crippen LogP) is 3.57. The molecule has 8 aromatic rings. The number of rotatable bonds is 35. The van der Waals surface area contributed by atoms with Crippen LogP contribution in [0.5, 0.6) is 0 Å². The lowest BCUT2D eigenvalue weighted by molar-refractivity contribution is -0.136. The minimum Gasteiger partial charge on any atom is -0.399 e. The Hall–Kier alpha value is -12.5. The molecule has 105 heavy (non-hydrogen) atoms. The van der Waals surface area contributed by atoms with Gasteiger partial charge >= 0.3 is 0 Å². The van der Waals surface area contributed by atoms with Gasteiger partial charge in [0, 0.05) is 97.4 Å². The lowest BCUT2D eigenvalue weighted by Crippen LogP contribution is -2.62. The number of benzene rings is 8. The normalized spacial score (nSPS) is 13.5. The fourth-order valence-corrected chi connectivity index (χ4v) is 11.9. The highest BCUT2D eigenvalue weighted by Gasteiger charge is 2.39. The number of nitrogens with two attached hydrogens (primary N) is 9. The van der Waals surface area contributed by atoms with Gasteiger partial charge in [-0.15, -0.1) is 0 Å². The van der Waals surface area contributed by atoms with Crippen molar-refractivity contribution < 1.29 is 43.2 Å². The predicted molar refractivity (Wildman–Crippen MR) is 410 cm³/mol. The van der Waals surface area contributed by atoms with Crippen LogP contribution in [0.4, 0.5) is 45.5 Å². The number of carbonyl (C=O) groups excluding carboxylic acids is 9. The lowest BCUT2D eigenvalue weighted by Gasteiger charge is -2.32. The van der Waals surface area contributed by atoms with E-state index < -0.39 is 107 Å². The van der Waals surface area contributed by atoms with Crippen LogP contribution in [0.2, 0.25) is 0 Å². The van der Waals surface area contributed by atoms with E-state index in [9.17, 15) is 14.4 Å². The summed E-state index contributed by atoms with van der Waals surface area (Å²) in [6.07, 6.45) is -0.457. The molecule has 8 aromatic carbocycles. The monoisotopic (exact) mass is 1430 g/mol. The van der Waals surface area contributed by atoms with E-state index in [-0.39, 0.29) is 64.2 Å². The fraction of sp³-hybridized carbons (Fsp3) is 0.278. The number of nitrogens with one attached hydrogen (secondary N) is 8. The van der Waals surface area contributed by atoms with Gasteiger partial charge in [0.2, 0.25) is 47.3 Å². The first-order valence-electron chi connectivity index (χ1n) is 34.6. The van der Waals surface area contributed by atoms with Crippen molar-refractivity contribution in [2.75, 3.05) is 45.9 Å². The Morgan fingerprint density at radius 2 is 0.381 bits per heavy atom. The Labute approximate surface area is 610 Å². The maximum Gasteiger partial charge on any atom is 0.243 e.